The molecule has 1 amide bonds. The van der Waals surface area contributed by atoms with Gasteiger partial charge in [0.05, 0.1) is 5.92 Å². The van der Waals surface area contributed by atoms with E-state index in [-0.39, 0.29) is 24.3 Å². The Balaban J connectivity index is 1.91. The number of benzene rings is 2. The van der Waals surface area contributed by atoms with Crippen molar-refractivity contribution in [1.82, 2.24) is 4.90 Å². The summed E-state index contributed by atoms with van der Waals surface area (Å²) in [7, 11) is 0. The zero-order valence-electron chi connectivity index (χ0n) is 12.6. The molecule has 1 aliphatic rings. The molecule has 1 unspecified atom stereocenters. The van der Waals surface area contributed by atoms with Crippen LogP contribution in [0.4, 0.5) is 0 Å². The lowest BCUT2D eigenvalue weighted by Crippen LogP contribution is -2.34. The van der Waals surface area contributed by atoms with Crippen LogP contribution in [-0.2, 0) is 4.79 Å². The molecular formula is C19H21NO2. The van der Waals surface area contributed by atoms with Gasteiger partial charge in [0.2, 0.25) is 5.91 Å². The first-order valence-corrected chi connectivity index (χ1v) is 7.79. The van der Waals surface area contributed by atoms with Gasteiger partial charge in [-0.1, -0.05) is 60.7 Å². The van der Waals surface area contributed by atoms with Crippen LogP contribution in [0.3, 0.4) is 0 Å². The van der Waals surface area contributed by atoms with Crippen LogP contribution in [0.25, 0.3) is 0 Å². The number of nitrogens with zero attached hydrogens (tertiary/aromatic N) is 1. The van der Waals surface area contributed by atoms with Crippen molar-refractivity contribution in [3.05, 3.63) is 71.8 Å². The molecule has 2 aromatic carbocycles. The van der Waals surface area contributed by atoms with Crippen molar-refractivity contribution in [2.75, 3.05) is 19.7 Å². The summed E-state index contributed by atoms with van der Waals surface area (Å²) < 4.78 is 0. The molecule has 0 spiro atoms. The van der Waals surface area contributed by atoms with Crippen LogP contribution in [0.15, 0.2) is 60.7 Å². The van der Waals surface area contributed by atoms with E-state index in [1.54, 1.807) is 0 Å². The van der Waals surface area contributed by atoms with Gasteiger partial charge in [0.25, 0.3) is 0 Å². The molecule has 0 radical (unpaired) electrons. The minimum absolute atomic E-state index is 0.133. The molecule has 1 heterocycles. The maximum absolute atomic E-state index is 13.1. The van der Waals surface area contributed by atoms with Crippen molar-refractivity contribution in [3.8, 4) is 0 Å². The second-order valence-corrected chi connectivity index (χ2v) is 5.88. The van der Waals surface area contributed by atoms with Crippen molar-refractivity contribution in [1.29, 1.82) is 0 Å². The van der Waals surface area contributed by atoms with Crippen LogP contribution < -0.4 is 0 Å². The molecule has 3 nitrogen and oxygen atoms in total. The number of carbonyl (C=O) groups excluding carboxylic acids is 1. The Morgan fingerprint density at radius 1 is 1.05 bits per heavy atom. The fraction of sp³-hybridized carbons (Fsp3) is 0.316. The number of aliphatic hydroxyl groups excluding tert-OH is 1. The average molecular weight is 295 g/mol. The van der Waals surface area contributed by atoms with Gasteiger partial charge in [0, 0.05) is 25.6 Å². The minimum atomic E-state index is -0.264. The molecule has 0 aromatic heterocycles. The normalized spacial score (nSPS) is 17.9. The fourth-order valence-corrected chi connectivity index (χ4v) is 3.13. The van der Waals surface area contributed by atoms with Gasteiger partial charge in [0.1, 0.15) is 0 Å². The predicted molar refractivity (Wildman–Crippen MR) is 86.5 cm³/mol. The van der Waals surface area contributed by atoms with E-state index >= 15 is 0 Å². The zero-order chi connectivity index (χ0) is 15.4. The molecule has 0 saturated carbocycles. The molecule has 3 rings (SSSR count). The molecule has 1 saturated heterocycles. The summed E-state index contributed by atoms with van der Waals surface area (Å²) in [4.78, 5) is 14.9. The van der Waals surface area contributed by atoms with E-state index in [9.17, 15) is 9.90 Å². The summed E-state index contributed by atoms with van der Waals surface area (Å²) in [6.07, 6.45) is 0.887. The monoisotopic (exact) mass is 295 g/mol. The van der Waals surface area contributed by atoms with Gasteiger partial charge in [0.15, 0.2) is 0 Å². The lowest BCUT2D eigenvalue weighted by Gasteiger charge is -2.24. The van der Waals surface area contributed by atoms with Gasteiger partial charge in [-0.15, -0.1) is 0 Å². The molecule has 0 aliphatic carbocycles. The molecule has 1 aliphatic heterocycles. The summed E-state index contributed by atoms with van der Waals surface area (Å²) in [5.41, 5.74) is 2.04. The zero-order valence-corrected chi connectivity index (χ0v) is 12.6. The molecule has 2 aromatic rings. The van der Waals surface area contributed by atoms with E-state index < -0.39 is 0 Å². The van der Waals surface area contributed by atoms with Crippen LogP contribution in [0.2, 0.25) is 0 Å². The third kappa shape index (κ3) is 3.04. The van der Waals surface area contributed by atoms with Gasteiger partial charge in [-0.2, -0.15) is 0 Å². The van der Waals surface area contributed by atoms with Crippen LogP contribution in [0.1, 0.15) is 23.5 Å². The summed E-state index contributed by atoms with van der Waals surface area (Å²) in [6.45, 7) is 1.55. The van der Waals surface area contributed by atoms with E-state index in [1.807, 2.05) is 65.6 Å². The number of carbonyl (C=O) groups is 1. The van der Waals surface area contributed by atoms with Crippen LogP contribution in [0, 0.1) is 5.92 Å². The number of likely N-dealkylation sites (tertiary alicyclic amines) is 1. The molecule has 3 heteroatoms. The first-order valence-electron chi connectivity index (χ1n) is 7.79. The molecule has 22 heavy (non-hydrogen) atoms. The van der Waals surface area contributed by atoms with E-state index in [1.165, 1.54) is 0 Å². The lowest BCUT2D eigenvalue weighted by molar-refractivity contribution is -0.131. The standard InChI is InChI=1S/C19H21NO2/c21-14-15-11-12-20(13-15)19(22)18(16-7-3-1-4-8-16)17-9-5-2-6-10-17/h1-10,15,18,21H,11-14H2. The number of amides is 1. The lowest BCUT2D eigenvalue weighted by atomic mass is 9.90. The number of hydrogen-bond donors (Lipinski definition) is 1. The van der Waals surface area contributed by atoms with Crippen LogP contribution in [-0.4, -0.2) is 35.6 Å². The Hall–Kier alpha value is -2.13. The fourth-order valence-electron chi connectivity index (χ4n) is 3.13. The van der Waals surface area contributed by atoms with Gasteiger partial charge < -0.3 is 10.0 Å². The van der Waals surface area contributed by atoms with Crippen molar-refractivity contribution >= 4 is 5.91 Å². The Morgan fingerprint density at radius 2 is 1.59 bits per heavy atom. The van der Waals surface area contributed by atoms with Gasteiger partial charge in [-0.25, -0.2) is 0 Å². The minimum Gasteiger partial charge on any atom is -0.396 e. The summed E-state index contributed by atoms with van der Waals surface area (Å²) in [5, 5.41) is 9.30. The predicted octanol–water partition coefficient (Wildman–Crippen LogP) is 2.66. The van der Waals surface area contributed by atoms with E-state index in [0.717, 1.165) is 24.1 Å². The molecule has 1 atom stereocenters. The maximum Gasteiger partial charge on any atom is 0.234 e. The second-order valence-electron chi connectivity index (χ2n) is 5.88. The quantitative estimate of drug-likeness (QED) is 0.942. The SMILES string of the molecule is O=C(C(c1ccccc1)c1ccccc1)N1CCC(CO)C1. The van der Waals surface area contributed by atoms with Gasteiger partial charge in [-0.05, 0) is 17.5 Å². The molecule has 0 bridgehead atoms. The van der Waals surface area contributed by atoms with Crippen molar-refractivity contribution in [3.63, 3.8) is 0 Å². The number of rotatable bonds is 4. The topological polar surface area (TPSA) is 40.5 Å². The van der Waals surface area contributed by atoms with Crippen molar-refractivity contribution in [2.24, 2.45) is 5.92 Å². The summed E-state index contributed by atoms with van der Waals surface area (Å²) >= 11 is 0. The third-order valence-corrected chi connectivity index (χ3v) is 4.37. The Kier molecular flexibility index (Phi) is 4.54. The molecule has 114 valence electrons. The average Bonchev–Trinajstić information content (AvgIpc) is 3.06. The van der Waals surface area contributed by atoms with Gasteiger partial charge in [-0.3, -0.25) is 4.79 Å². The largest absolute Gasteiger partial charge is 0.396 e. The highest BCUT2D eigenvalue weighted by atomic mass is 16.3. The number of aliphatic hydroxyl groups is 1. The number of hydrogen-bond acceptors (Lipinski definition) is 2. The highest BCUT2D eigenvalue weighted by molar-refractivity contribution is 5.87. The second kappa shape index (κ2) is 6.75. The third-order valence-electron chi connectivity index (χ3n) is 4.37. The van der Waals surface area contributed by atoms with E-state index in [2.05, 4.69) is 0 Å². The first kappa shape index (κ1) is 14.8. The highest BCUT2D eigenvalue weighted by Gasteiger charge is 2.32. The van der Waals surface area contributed by atoms with Crippen LogP contribution >= 0.6 is 0 Å². The summed E-state index contributed by atoms with van der Waals surface area (Å²) in [6, 6.07) is 19.9. The molecular weight excluding hydrogens is 274 g/mol. The van der Waals surface area contributed by atoms with Crippen molar-refractivity contribution in [2.45, 2.75) is 12.3 Å². The smallest absolute Gasteiger partial charge is 0.234 e. The first-order chi connectivity index (χ1) is 10.8. The van der Waals surface area contributed by atoms with Crippen molar-refractivity contribution < 1.29 is 9.90 Å². The maximum atomic E-state index is 13.1. The molecule has 1 N–H and O–H groups in total. The molecule has 1 fully saturated rings. The van der Waals surface area contributed by atoms with E-state index in [4.69, 9.17) is 0 Å². The van der Waals surface area contributed by atoms with E-state index in [0.29, 0.717) is 6.54 Å². The van der Waals surface area contributed by atoms with Crippen LogP contribution in [0.5, 0.6) is 0 Å². The highest BCUT2D eigenvalue weighted by Crippen LogP contribution is 2.29. The summed E-state index contributed by atoms with van der Waals surface area (Å²) in [5.74, 6) is 0.0874. The Morgan fingerprint density at radius 3 is 2.05 bits per heavy atom. The van der Waals surface area contributed by atoms with Gasteiger partial charge >= 0.3 is 0 Å². The Bertz CT molecular complexity index is 572. The Labute approximate surface area is 131 Å².